The first-order valence-electron chi connectivity index (χ1n) is 11.0. The number of rotatable bonds is 8. The molecule has 7 heteroatoms. The Morgan fingerprint density at radius 1 is 1.12 bits per heavy atom. The molecule has 0 amide bonds. The van der Waals surface area contributed by atoms with Gasteiger partial charge >= 0.3 is 5.97 Å². The fourth-order valence-corrected chi connectivity index (χ4v) is 4.50. The number of carbonyl (C=O) groups excluding carboxylic acids is 1. The number of benzene rings is 2. The number of methoxy groups -OCH3 is 1. The van der Waals surface area contributed by atoms with Crippen LogP contribution in [-0.4, -0.2) is 42.9 Å². The van der Waals surface area contributed by atoms with E-state index >= 15 is 0 Å². The molecule has 2 aromatic rings. The first kappa shape index (κ1) is 24.5. The Kier molecular flexibility index (Phi) is 8.22. The molecule has 33 heavy (non-hydrogen) atoms. The summed E-state index contributed by atoms with van der Waals surface area (Å²) < 4.78 is 10.8. The van der Waals surface area contributed by atoms with Crippen LogP contribution in [0.25, 0.3) is 6.08 Å². The Hall–Kier alpha value is -3.19. The topological polar surface area (TPSA) is 71.4 Å². The summed E-state index contributed by atoms with van der Waals surface area (Å²) in [6.07, 6.45) is 1.81. The number of hydrogen-bond donors (Lipinski definition) is 1. The quantitative estimate of drug-likeness (QED) is 0.478. The fraction of sp³-hybridized carbons (Fsp3) is 0.308. The second-order valence-electron chi connectivity index (χ2n) is 7.41. The molecule has 1 aliphatic rings. The lowest BCUT2D eigenvalue weighted by molar-refractivity contribution is -0.138. The third-order valence-corrected chi connectivity index (χ3v) is 6.29. The SMILES string of the molecule is CCOC(=O)C1=C(O)/C(=C\c2ccc(N(CC)CC)cc2OC)SC1=Nc1ccc(C)cc1. The summed E-state index contributed by atoms with van der Waals surface area (Å²) in [6, 6.07) is 13.6. The highest BCUT2D eigenvalue weighted by atomic mass is 32.2. The summed E-state index contributed by atoms with van der Waals surface area (Å²) in [6.45, 7) is 9.93. The number of nitrogens with zero attached hydrogens (tertiary/aromatic N) is 2. The third kappa shape index (κ3) is 5.60. The van der Waals surface area contributed by atoms with Crippen molar-refractivity contribution in [3.63, 3.8) is 0 Å². The molecular weight excluding hydrogens is 436 g/mol. The van der Waals surface area contributed by atoms with Crippen LogP contribution in [0, 0.1) is 6.92 Å². The summed E-state index contributed by atoms with van der Waals surface area (Å²) in [7, 11) is 1.62. The molecule has 0 saturated carbocycles. The molecule has 0 saturated heterocycles. The van der Waals surface area contributed by atoms with Crippen LogP contribution in [0.4, 0.5) is 11.4 Å². The van der Waals surface area contributed by atoms with Crippen molar-refractivity contribution in [1.82, 2.24) is 0 Å². The summed E-state index contributed by atoms with van der Waals surface area (Å²) in [5, 5.41) is 11.3. The molecule has 0 unspecified atom stereocenters. The van der Waals surface area contributed by atoms with Crippen molar-refractivity contribution in [3.05, 3.63) is 69.8 Å². The van der Waals surface area contributed by atoms with Crippen LogP contribution in [-0.2, 0) is 9.53 Å². The van der Waals surface area contributed by atoms with Crippen molar-refractivity contribution in [2.24, 2.45) is 4.99 Å². The second kappa shape index (κ2) is 11.1. The molecule has 1 aliphatic heterocycles. The van der Waals surface area contributed by atoms with E-state index in [0.29, 0.717) is 21.4 Å². The van der Waals surface area contributed by atoms with Crippen LogP contribution >= 0.6 is 11.8 Å². The van der Waals surface area contributed by atoms with Crippen molar-refractivity contribution in [2.75, 3.05) is 31.7 Å². The second-order valence-corrected chi connectivity index (χ2v) is 8.44. The smallest absolute Gasteiger partial charge is 0.344 e. The molecule has 0 radical (unpaired) electrons. The highest BCUT2D eigenvalue weighted by Crippen LogP contribution is 2.41. The molecule has 3 rings (SSSR count). The van der Waals surface area contributed by atoms with Gasteiger partial charge in [-0.05, 0) is 58.0 Å². The molecule has 1 heterocycles. The number of ether oxygens (including phenoxy) is 2. The van der Waals surface area contributed by atoms with Gasteiger partial charge in [-0.25, -0.2) is 9.79 Å². The fourth-order valence-electron chi connectivity index (χ4n) is 3.47. The average Bonchev–Trinajstić information content (AvgIpc) is 3.11. The largest absolute Gasteiger partial charge is 0.506 e. The van der Waals surface area contributed by atoms with Crippen LogP contribution in [0.3, 0.4) is 0 Å². The minimum Gasteiger partial charge on any atom is -0.506 e. The van der Waals surface area contributed by atoms with Gasteiger partial charge in [-0.3, -0.25) is 0 Å². The van der Waals surface area contributed by atoms with Gasteiger partial charge in [-0.15, -0.1) is 0 Å². The maximum absolute atomic E-state index is 12.6. The average molecular weight is 467 g/mol. The van der Waals surface area contributed by atoms with Crippen LogP contribution in [0.5, 0.6) is 5.75 Å². The van der Waals surface area contributed by atoms with E-state index < -0.39 is 5.97 Å². The number of aliphatic imine (C=N–C) groups is 1. The Morgan fingerprint density at radius 2 is 1.82 bits per heavy atom. The van der Waals surface area contributed by atoms with E-state index in [-0.39, 0.29) is 17.9 Å². The number of esters is 1. The van der Waals surface area contributed by atoms with Crippen LogP contribution in [0.2, 0.25) is 0 Å². The lowest BCUT2D eigenvalue weighted by Gasteiger charge is -2.22. The number of carbonyl (C=O) groups is 1. The summed E-state index contributed by atoms with van der Waals surface area (Å²) in [5.74, 6) is -0.0540. The number of aryl methyl sites for hydroxylation is 1. The van der Waals surface area contributed by atoms with E-state index in [1.807, 2.05) is 55.5 Å². The molecule has 0 bridgehead atoms. The first-order valence-corrected chi connectivity index (χ1v) is 11.8. The molecule has 1 N–H and O–H groups in total. The standard InChI is InChI=1S/C26H30N2O4S/c1-6-28(7-2)20-14-11-18(21(16-20)31-5)15-22-24(29)23(26(30)32-8-3)25(33-22)27-19-12-9-17(4)10-13-19/h9-16,29H,6-8H2,1-5H3/b22-15+,27-25?. The Bertz CT molecular complexity index is 1100. The van der Waals surface area contributed by atoms with Crippen LogP contribution < -0.4 is 9.64 Å². The van der Waals surface area contributed by atoms with Gasteiger partial charge in [0.25, 0.3) is 0 Å². The highest BCUT2D eigenvalue weighted by molar-refractivity contribution is 8.18. The number of anilines is 1. The maximum Gasteiger partial charge on any atom is 0.344 e. The minimum atomic E-state index is -0.597. The van der Waals surface area contributed by atoms with Crippen molar-refractivity contribution in [3.8, 4) is 5.75 Å². The third-order valence-electron chi connectivity index (χ3n) is 5.27. The Balaban J connectivity index is 2.04. The minimum absolute atomic E-state index is 0.0763. The van der Waals surface area contributed by atoms with Gasteiger partial charge in [0, 0.05) is 30.4 Å². The summed E-state index contributed by atoms with van der Waals surface area (Å²) >= 11 is 1.23. The van der Waals surface area contributed by atoms with Crippen molar-refractivity contribution in [2.45, 2.75) is 27.7 Å². The zero-order valence-electron chi connectivity index (χ0n) is 19.7. The van der Waals surface area contributed by atoms with E-state index in [1.54, 1.807) is 14.0 Å². The molecule has 174 valence electrons. The predicted octanol–water partition coefficient (Wildman–Crippen LogP) is 6.04. The number of hydrogen-bond acceptors (Lipinski definition) is 7. The van der Waals surface area contributed by atoms with E-state index in [4.69, 9.17) is 9.47 Å². The molecule has 0 aliphatic carbocycles. The molecular formula is C26H30N2O4S. The van der Waals surface area contributed by atoms with E-state index in [2.05, 4.69) is 23.7 Å². The predicted molar refractivity (Wildman–Crippen MR) is 137 cm³/mol. The monoisotopic (exact) mass is 466 g/mol. The zero-order chi connectivity index (χ0) is 24.0. The molecule has 2 aromatic carbocycles. The summed E-state index contributed by atoms with van der Waals surface area (Å²) in [4.78, 5) is 20.0. The lowest BCUT2D eigenvalue weighted by atomic mass is 10.1. The van der Waals surface area contributed by atoms with Crippen molar-refractivity contribution >= 4 is 40.2 Å². The normalized spacial score (nSPS) is 15.9. The van der Waals surface area contributed by atoms with E-state index in [0.717, 1.165) is 29.9 Å². The van der Waals surface area contributed by atoms with Gasteiger partial charge in [0.2, 0.25) is 0 Å². The number of thioether (sulfide) groups is 1. The molecule has 0 aromatic heterocycles. The Labute approximate surface area is 199 Å². The van der Waals surface area contributed by atoms with Gasteiger partial charge in [0.1, 0.15) is 22.1 Å². The van der Waals surface area contributed by atoms with Gasteiger partial charge in [0.05, 0.1) is 24.3 Å². The summed E-state index contributed by atoms with van der Waals surface area (Å²) in [5.41, 5.74) is 3.74. The first-order chi connectivity index (χ1) is 15.9. The number of aliphatic hydroxyl groups excluding tert-OH is 1. The lowest BCUT2D eigenvalue weighted by Crippen LogP contribution is -2.21. The molecule has 0 spiro atoms. The van der Waals surface area contributed by atoms with Crippen LogP contribution in [0.15, 0.2) is 63.7 Å². The van der Waals surface area contributed by atoms with Gasteiger partial charge in [0.15, 0.2) is 0 Å². The highest BCUT2D eigenvalue weighted by Gasteiger charge is 2.33. The van der Waals surface area contributed by atoms with Crippen LogP contribution in [0.1, 0.15) is 31.9 Å². The molecule has 6 nitrogen and oxygen atoms in total. The maximum atomic E-state index is 12.6. The van der Waals surface area contributed by atoms with E-state index in [9.17, 15) is 9.90 Å². The number of aliphatic hydroxyl groups is 1. The van der Waals surface area contributed by atoms with Gasteiger partial charge < -0.3 is 19.5 Å². The Morgan fingerprint density at radius 3 is 2.42 bits per heavy atom. The zero-order valence-corrected chi connectivity index (χ0v) is 20.5. The molecule has 0 atom stereocenters. The molecule has 0 fully saturated rings. The van der Waals surface area contributed by atoms with Crippen molar-refractivity contribution < 1.29 is 19.4 Å². The van der Waals surface area contributed by atoms with Gasteiger partial charge in [-0.1, -0.05) is 29.5 Å². The van der Waals surface area contributed by atoms with Gasteiger partial charge in [-0.2, -0.15) is 0 Å². The van der Waals surface area contributed by atoms with E-state index in [1.165, 1.54) is 11.8 Å². The van der Waals surface area contributed by atoms with Crippen molar-refractivity contribution in [1.29, 1.82) is 0 Å².